The Balaban J connectivity index is 1.71. The third kappa shape index (κ3) is 8.86. The molecule has 2 unspecified atom stereocenters. The van der Waals surface area contributed by atoms with E-state index in [-0.39, 0.29) is 35.9 Å². The van der Waals surface area contributed by atoms with Gasteiger partial charge in [0.15, 0.2) is 0 Å². The van der Waals surface area contributed by atoms with Gasteiger partial charge in [-0.1, -0.05) is 31.4 Å². The molecule has 0 amide bonds. The van der Waals surface area contributed by atoms with Gasteiger partial charge in [-0.3, -0.25) is 0 Å². The molecule has 2 saturated carbocycles. The molecular weight excluding hydrogens is 404 g/mol. The Kier molecular flexibility index (Phi) is 10.6. The minimum absolute atomic E-state index is 0.0517. The van der Waals surface area contributed by atoms with E-state index < -0.39 is 11.7 Å². The summed E-state index contributed by atoms with van der Waals surface area (Å²) in [7, 11) is 0. The highest BCUT2D eigenvalue weighted by Crippen LogP contribution is 2.42. The van der Waals surface area contributed by atoms with Crippen LogP contribution in [0.1, 0.15) is 78.6 Å². The standard InChI is InChI=1S/C24H41ClO5/c1-24(2,3)30-23(28)16-29-14-8-7-11-18-19(22(27)15-20(18)25)12-13-21(26)17-9-5-4-6-10-17/h7-8,17-22,26-27H,4-6,9-16H2,1-3H3/b8-7-/t18?,19?,20-,21-,22-/m0/s1. The Bertz CT molecular complexity index is 538. The van der Waals surface area contributed by atoms with Crippen LogP contribution in [-0.4, -0.2) is 52.6 Å². The zero-order valence-corrected chi connectivity index (χ0v) is 19.7. The number of alkyl halides is 1. The van der Waals surface area contributed by atoms with E-state index in [9.17, 15) is 15.0 Å². The predicted octanol–water partition coefficient (Wildman–Crippen LogP) is 4.62. The van der Waals surface area contributed by atoms with Crippen LogP contribution >= 0.6 is 11.6 Å². The molecule has 2 aliphatic carbocycles. The van der Waals surface area contributed by atoms with Crippen LogP contribution in [-0.2, 0) is 14.3 Å². The summed E-state index contributed by atoms with van der Waals surface area (Å²) >= 11 is 6.53. The van der Waals surface area contributed by atoms with Crippen molar-refractivity contribution >= 4 is 17.6 Å². The molecule has 0 aliphatic heterocycles. The number of hydrogen-bond acceptors (Lipinski definition) is 5. The number of hydrogen-bond donors (Lipinski definition) is 2. The minimum atomic E-state index is -0.505. The molecule has 0 saturated heterocycles. The Hall–Kier alpha value is -0.620. The van der Waals surface area contributed by atoms with Crippen LogP contribution in [0.15, 0.2) is 12.2 Å². The molecule has 174 valence electrons. The molecule has 30 heavy (non-hydrogen) atoms. The topological polar surface area (TPSA) is 76.0 Å². The maximum atomic E-state index is 11.6. The number of allylic oxidation sites excluding steroid dienone is 1. The molecule has 0 aromatic rings. The lowest BCUT2D eigenvalue weighted by molar-refractivity contribution is -0.159. The van der Waals surface area contributed by atoms with Gasteiger partial charge in [-0.05, 0) is 77.0 Å². The maximum absolute atomic E-state index is 11.6. The van der Waals surface area contributed by atoms with Crippen molar-refractivity contribution in [2.24, 2.45) is 17.8 Å². The van der Waals surface area contributed by atoms with Crippen molar-refractivity contribution < 1.29 is 24.5 Å². The number of halogens is 1. The van der Waals surface area contributed by atoms with Gasteiger partial charge in [-0.25, -0.2) is 4.79 Å². The number of esters is 1. The largest absolute Gasteiger partial charge is 0.458 e. The highest BCUT2D eigenvalue weighted by Gasteiger charge is 2.40. The summed E-state index contributed by atoms with van der Waals surface area (Å²) in [4.78, 5) is 11.6. The lowest BCUT2D eigenvalue weighted by Crippen LogP contribution is -2.27. The van der Waals surface area contributed by atoms with Gasteiger partial charge in [0.25, 0.3) is 0 Å². The van der Waals surface area contributed by atoms with E-state index in [4.69, 9.17) is 21.1 Å². The van der Waals surface area contributed by atoms with E-state index in [0.29, 0.717) is 18.9 Å². The molecule has 2 aliphatic rings. The Morgan fingerprint density at radius 1 is 1.17 bits per heavy atom. The fraction of sp³-hybridized carbons (Fsp3) is 0.875. The molecule has 0 heterocycles. The van der Waals surface area contributed by atoms with Crippen molar-refractivity contribution in [3.63, 3.8) is 0 Å². The zero-order valence-electron chi connectivity index (χ0n) is 18.9. The number of ether oxygens (including phenoxy) is 2. The van der Waals surface area contributed by atoms with Crippen LogP contribution in [0.25, 0.3) is 0 Å². The Labute approximate surface area is 187 Å². The van der Waals surface area contributed by atoms with E-state index in [1.54, 1.807) is 0 Å². The molecule has 2 N–H and O–H groups in total. The monoisotopic (exact) mass is 444 g/mol. The van der Waals surface area contributed by atoms with E-state index in [1.807, 2.05) is 32.9 Å². The van der Waals surface area contributed by atoms with Gasteiger partial charge in [0.05, 0.1) is 18.8 Å². The van der Waals surface area contributed by atoms with Gasteiger partial charge in [0.1, 0.15) is 12.2 Å². The van der Waals surface area contributed by atoms with Gasteiger partial charge < -0.3 is 19.7 Å². The number of carbonyl (C=O) groups excluding carboxylic acids is 1. The lowest BCUT2D eigenvalue weighted by Gasteiger charge is -2.29. The van der Waals surface area contributed by atoms with E-state index in [0.717, 1.165) is 32.1 Å². The molecule has 0 spiro atoms. The second kappa shape index (κ2) is 12.4. The highest BCUT2D eigenvalue weighted by atomic mass is 35.5. The fourth-order valence-corrected chi connectivity index (χ4v) is 5.36. The number of rotatable bonds is 10. The van der Waals surface area contributed by atoms with E-state index in [2.05, 4.69) is 0 Å². The second-order valence-corrected chi connectivity index (χ2v) is 10.6. The number of aliphatic hydroxyl groups excluding tert-OH is 2. The minimum Gasteiger partial charge on any atom is -0.458 e. The number of aliphatic hydroxyl groups is 2. The quantitative estimate of drug-likeness (QED) is 0.222. The fourth-order valence-electron chi connectivity index (χ4n) is 4.88. The molecule has 5 nitrogen and oxygen atoms in total. The highest BCUT2D eigenvalue weighted by molar-refractivity contribution is 6.21. The molecule has 0 bridgehead atoms. The van der Waals surface area contributed by atoms with Crippen LogP contribution in [0.4, 0.5) is 0 Å². The molecule has 2 fully saturated rings. The first-order valence-corrected chi connectivity index (χ1v) is 12.1. The van der Waals surface area contributed by atoms with Gasteiger partial charge in [-0.2, -0.15) is 0 Å². The van der Waals surface area contributed by atoms with Crippen molar-refractivity contribution in [2.45, 2.75) is 102 Å². The normalized spacial score (nSPS) is 29.4. The van der Waals surface area contributed by atoms with Crippen LogP contribution in [0.2, 0.25) is 0 Å². The van der Waals surface area contributed by atoms with Crippen molar-refractivity contribution in [3.05, 3.63) is 12.2 Å². The average Bonchev–Trinajstić information content (AvgIpc) is 2.94. The molecule has 0 aromatic heterocycles. The molecular formula is C24H41ClO5. The van der Waals surface area contributed by atoms with Gasteiger partial charge in [0, 0.05) is 5.38 Å². The van der Waals surface area contributed by atoms with E-state index >= 15 is 0 Å². The first kappa shape index (κ1) is 25.6. The van der Waals surface area contributed by atoms with Crippen molar-refractivity contribution in [1.82, 2.24) is 0 Å². The third-order valence-corrected chi connectivity index (χ3v) is 6.90. The van der Waals surface area contributed by atoms with Crippen LogP contribution in [0.3, 0.4) is 0 Å². The smallest absolute Gasteiger partial charge is 0.332 e. The molecule has 2 rings (SSSR count). The average molecular weight is 445 g/mol. The summed E-state index contributed by atoms with van der Waals surface area (Å²) < 4.78 is 10.6. The van der Waals surface area contributed by atoms with Crippen LogP contribution in [0, 0.1) is 17.8 Å². The SMILES string of the molecule is CC(C)(C)OC(=O)COC/C=C\CC1C(CC[C@H](O)C2CCCCC2)[C@@H](O)C[C@@H]1Cl. The summed E-state index contributed by atoms with van der Waals surface area (Å²) in [6.07, 6.45) is 12.2. The first-order chi connectivity index (χ1) is 14.2. The maximum Gasteiger partial charge on any atom is 0.332 e. The molecule has 6 heteroatoms. The second-order valence-electron chi connectivity index (χ2n) is 10.00. The summed E-state index contributed by atoms with van der Waals surface area (Å²) in [5.74, 6) is 0.372. The predicted molar refractivity (Wildman–Crippen MR) is 119 cm³/mol. The summed E-state index contributed by atoms with van der Waals surface area (Å²) in [6.45, 7) is 5.76. The van der Waals surface area contributed by atoms with Crippen molar-refractivity contribution in [2.75, 3.05) is 13.2 Å². The van der Waals surface area contributed by atoms with Gasteiger partial charge >= 0.3 is 5.97 Å². The molecule has 0 radical (unpaired) electrons. The molecule has 5 atom stereocenters. The van der Waals surface area contributed by atoms with Crippen molar-refractivity contribution in [3.8, 4) is 0 Å². The van der Waals surface area contributed by atoms with E-state index in [1.165, 1.54) is 19.3 Å². The molecule has 0 aromatic carbocycles. The Morgan fingerprint density at radius 3 is 2.53 bits per heavy atom. The zero-order chi connectivity index (χ0) is 22.1. The lowest BCUT2D eigenvalue weighted by atomic mass is 9.81. The van der Waals surface area contributed by atoms with Crippen molar-refractivity contribution in [1.29, 1.82) is 0 Å². The summed E-state index contributed by atoms with van der Waals surface area (Å²) in [5.41, 5.74) is -0.505. The summed E-state index contributed by atoms with van der Waals surface area (Å²) in [6, 6.07) is 0. The number of carbonyl (C=O) groups is 1. The first-order valence-electron chi connectivity index (χ1n) is 11.6. The third-order valence-electron chi connectivity index (χ3n) is 6.39. The Morgan fingerprint density at radius 2 is 1.87 bits per heavy atom. The van der Waals surface area contributed by atoms with Gasteiger partial charge in [-0.15, -0.1) is 11.6 Å². The summed E-state index contributed by atoms with van der Waals surface area (Å²) in [5, 5.41) is 21.0. The van der Waals surface area contributed by atoms with Gasteiger partial charge in [0.2, 0.25) is 0 Å². The van der Waals surface area contributed by atoms with Crippen LogP contribution in [0.5, 0.6) is 0 Å². The van der Waals surface area contributed by atoms with Crippen LogP contribution < -0.4 is 0 Å².